The van der Waals surface area contributed by atoms with E-state index in [9.17, 15) is 9.59 Å². The molecule has 2 aromatic carbocycles. The molecule has 0 atom stereocenters. The largest absolute Gasteiger partial charge is 0.494 e. The molecule has 0 bridgehead atoms. The van der Waals surface area contributed by atoms with Crippen LogP contribution in [0.5, 0.6) is 11.5 Å². The van der Waals surface area contributed by atoms with Crippen molar-refractivity contribution in [3.05, 3.63) is 78.1 Å². The number of carbonyl (C=O) groups excluding carboxylic acids is 2. The second kappa shape index (κ2) is 9.96. The van der Waals surface area contributed by atoms with E-state index in [1.165, 1.54) is 6.20 Å². The molecule has 0 unspecified atom stereocenters. The maximum Gasteiger partial charge on any atom is 0.265 e. The summed E-state index contributed by atoms with van der Waals surface area (Å²) in [5.41, 5.74) is 2.86. The van der Waals surface area contributed by atoms with Gasteiger partial charge >= 0.3 is 0 Å². The van der Waals surface area contributed by atoms with Crippen LogP contribution in [0, 0.1) is 6.92 Å². The first-order valence-electron chi connectivity index (χ1n) is 10.6. The van der Waals surface area contributed by atoms with E-state index in [-0.39, 0.29) is 18.4 Å². The van der Waals surface area contributed by atoms with Gasteiger partial charge in [-0.05, 0) is 67.8 Å². The molecule has 1 aromatic heterocycles. The number of ether oxygens (including phenoxy) is 2. The van der Waals surface area contributed by atoms with Gasteiger partial charge < -0.3 is 19.7 Å². The third-order valence-electron chi connectivity index (χ3n) is 5.12. The van der Waals surface area contributed by atoms with Gasteiger partial charge in [-0.3, -0.25) is 14.6 Å². The number of nitrogens with zero attached hydrogens (tertiary/aromatic N) is 2. The van der Waals surface area contributed by atoms with Crippen LogP contribution in [-0.4, -0.2) is 36.6 Å². The number of pyridine rings is 1. The van der Waals surface area contributed by atoms with Gasteiger partial charge in [-0.25, -0.2) is 0 Å². The smallest absolute Gasteiger partial charge is 0.265 e. The lowest BCUT2D eigenvalue weighted by Crippen LogP contribution is -2.39. The second-order valence-corrected chi connectivity index (χ2v) is 7.58. The monoisotopic (exact) mass is 431 g/mol. The number of anilines is 2. The summed E-state index contributed by atoms with van der Waals surface area (Å²) in [5, 5.41) is 2.85. The van der Waals surface area contributed by atoms with Crippen LogP contribution >= 0.6 is 0 Å². The van der Waals surface area contributed by atoms with E-state index < -0.39 is 0 Å². The number of aromatic nitrogens is 1. The minimum Gasteiger partial charge on any atom is -0.494 e. The SMILES string of the molecule is Cc1cccc(OCCCCN2C(=O)COc3ccc(NC(=O)c4cccnc4)cc32)c1. The van der Waals surface area contributed by atoms with Crippen molar-refractivity contribution < 1.29 is 19.1 Å². The van der Waals surface area contributed by atoms with Crippen molar-refractivity contribution in [3.8, 4) is 11.5 Å². The number of hydrogen-bond donors (Lipinski definition) is 1. The highest BCUT2D eigenvalue weighted by Crippen LogP contribution is 2.35. The number of fused-ring (bicyclic) bond motifs is 1. The molecule has 2 heterocycles. The Balaban J connectivity index is 1.37. The van der Waals surface area contributed by atoms with Crippen molar-refractivity contribution in [2.45, 2.75) is 19.8 Å². The number of hydrogen-bond acceptors (Lipinski definition) is 5. The summed E-state index contributed by atoms with van der Waals surface area (Å²) in [5.74, 6) is 1.11. The van der Waals surface area contributed by atoms with Crippen molar-refractivity contribution in [2.24, 2.45) is 0 Å². The molecule has 0 spiro atoms. The first-order valence-corrected chi connectivity index (χ1v) is 10.6. The molecule has 32 heavy (non-hydrogen) atoms. The van der Waals surface area contributed by atoms with E-state index in [4.69, 9.17) is 9.47 Å². The van der Waals surface area contributed by atoms with Gasteiger partial charge in [0.05, 0.1) is 17.9 Å². The topological polar surface area (TPSA) is 80.8 Å². The summed E-state index contributed by atoms with van der Waals surface area (Å²) in [6.45, 7) is 3.17. The zero-order chi connectivity index (χ0) is 22.3. The number of rotatable bonds is 8. The number of carbonyl (C=O) groups is 2. The van der Waals surface area contributed by atoms with Gasteiger partial charge in [0.15, 0.2) is 6.61 Å². The molecule has 0 fully saturated rings. The maximum atomic E-state index is 12.5. The van der Waals surface area contributed by atoms with E-state index in [1.807, 2.05) is 31.2 Å². The Morgan fingerprint density at radius 2 is 2.06 bits per heavy atom. The Morgan fingerprint density at radius 1 is 1.16 bits per heavy atom. The molecule has 1 aliphatic heterocycles. The lowest BCUT2D eigenvalue weighted by Gasteiger charge is -2.30. The van der Waals surface area contributed by atoms with Gasteiger partial charge in [0.1, 0.15) is 11.5 Å². The van der Waals surface area contributed by atoms with Gasteiger partial charge in [0.2, 0.25) is 0 Å². The van der Waals surface area contributed by atoms with Crippen molar-refractivity contribution in [3.63, 3.8) is 0 Å². The van der Waals surface area contributed by atoms with Gasteiger partial charge in [0, 0.05) is 24.6 Å². The molecule has 1 N–H and O–H groups in total. The summed E-state index contributed by atoms with van der Waals surface area (Å²) in [6, 6.07) is 16.6. The molecule has 3 aromatic rings. The van der Waals surface area contributed by atoms with Gasteiger partial charge in [-0.1, -0.05) is 12.1 Å². The highest BCUT2D eigenvalue weighted by molar-refractivity contribution is 6.05. The summed E-state index contributed by atoms with van der Waals surface area (Å²) in [6.07, 6.45) is 4.71. The van der Waals surface area contributed by atoms with Crippen LogP contribution in [0.3, 0.4) is 0 Å². The number of amides is 2. The predicted molar refractivity (Wildman–Crippen MR) is 122 cm³/mol. The van der Waals surface area contributed by atoms with E-state index in [1.54, 1.807) is 41.4 Å². The maximum absolute atomic E-state index is 12.5. The molecule has 164 valence electrons. The quantitative estimate of drug-likeness (QED) is 0.540. The highest BCUT2D eigenvalue weighted by Gasteiger charge is 2.25. The third kappa shape index (κ3) is 5.24. The second-order valence-electron chi connectivity index (χ2n) is 7.58. The molecule has 0 radical (unpaired) electrons. The van der Waals surface area contributed by atoms with Crippen LogP contribution in [0.15, 0.2) is 67.0 Å². The van der Waals surface area contributed by atoms with E-state index in [0.717, 1.165) is 24.2 Å². The average Bonchev–Trinajstić information content (AvgIpc) is 2.81. The van der Waals surface area contributed by atoms with E-state index in [2.05, 4.69) is 10.3 Å². The Labute approximate surface area is 187 Å². The Morgan fingerprint density at radius 3 is 2.88 bits per heavy atom. The highest BCUT2D eigenvalue weighted by atomic mass is 16.5. The zero-order valence-electron chi connectivity index (χ0n) is 17.9. The molecule has 7 nitrogen and oxygen atoms in total. The minimum atomic E-state index is -0.263. The molecule has 2 amide bonds. The standard InChI is InChI=1S/C25H25N3O4/c1-18-6-4-8-21(14-18)31-13-3-2-12-28-22-15-20(9-10-23(22)32-17-24(28)29)27-25(30)19-7-5-11-26-16-19/h4-11,14-16H,2-3,12-13,17H2,1H3,(H,27,30). The number of nitrogens with one attached hydrogen (secondary N) is 1. The van der Waals surface area contributed by atoms with Gasteiger partial charge in [0.25, 0.3) is 11.8 Å². The molecular formula is C25H25N3O4. The zero-order valence-corrected chi connectivity index (χ0v) is 17.9. The molecule has 7 heteroatoms. The van der Waals surface area contributed by atoms with Crippen LogP contribution in [0.4, 0.5) is 11.4 Å². The Bertz CT molecular complexity index is 1100. The fraction of sp³-hybridized carbons (Fsp3) is 0.240. The van der Waals surface area contributed by atoms with E-state index >= 15 is 0 Å². The van der Waals surface area contributed by atoms with Crippen LogP contribution in [-0.2, 0) is 4.79 Å². The fourth-order valence-electron chi connectivity index (χ4n) is 3.49. The van der Waals surface area contributed by atoms with Crippen molar-refractivity contribution in [1.29, 1.82) is 0 Å². The van der Waals surface area contributed by atoms with Crippen LogP contribution < -0.4 is 19.7 Å². The van der Waals surface area contributed by atoms with Gasteiger partial charge in [-0.2, -0.15) is 0 Å². The average molecular weight is 431 g/mol. The lowest BCUT2D eigenvalue weighted by molar-refractivity contribution is -0.121. The summed E-state index contributed by atoms with van der Waals surface area (Å²) < 4.78 is 11.4. The van der Waals surface area contributed by atoms with Crippen molar-refractivity contribution in [2.75, 3.05) is 30.0 Å². The molecule has 0 saturated heterocycles. The van der Waals surface area contributed by atoms with Gasteiger partial charge in [-0.15, -0.1) is 0 Å². The number of benzene rings is 2. The minimum absolute atomic E-state index is 0.00812. The molecule has 0 saturated carbocycles. The summed E-state index contributed by atoms with van der Waals surface area (Å²) in [4.78, 5) is 30.6. The van der Waals surface area contributed by atoms with E-state index in [0.29, 0.717) is 35.8 Å². The fourth-order valence-corrected chi connectivity index (χ4v) is 3.49. The Hall–Kier alpha value is -3.87. The predicted octanol–water partition coefficient (Wildman–Crippen LogP) is 4.23. The lowest BCUT2D eigenvalue weighted by atomic mass is 10.1. The third-order valence-corrected chi connectivity index (χ3v) is 5.12. The molecule has 0 aliphatic carbocycles. The van der Waals surface area contributed by atoms with Crippen molar-refractivity contribution in [1.82, 2.24) is 4.98 Å². The normalized spacial score (nSPS) is 12.7. The van der Waals surface area contributed by atoms with Crippen LogP contribution in [0.2, 0.25) is 0 Å². The Kier molecular flexibility index (Phi) is 6.65. The number of aryl methyl sites for hydroxylation is 1. The first-order chi connectivity index (χ1) is 15.6. The molecule has 4 rings (SSSR count). The summed E-state index contributed by atoms with van der Waals surface area (Å²) >= 11 is 0. The van der Waals surface area contributed by atoms with Crippen LogP contribution in [0.1, 0.15) is 28.8 Å². The van der Waals surface area contributed by atoms with Crippen molar-refractivity contribution >= 4 is 23.2 Å². The molecule has 1 aliphatic rings. The molecular weight excluding hydrogens is 406 g/mol. The first kappa shape index (κ1) is 21.4. The summed E-state index contributed by atoms with van der Waals surface area (Å²) in [7, 11) is 0. The number of unbranched alkanes of at least 4 members (excludes halogenated alkanes) is 1. The van der Waals surface area contributed by atoms with Crippen LogP contribution in [0.25, 0.3) is 0 Å².